The number of nitrogens with zero attached hydrogens (tertiary/aromatic N) is 1. The van der Waals surface area contributed by atoms with Gasteiger partial charge in [0.15, 0.2) is 0 Å². The molecule has 5 aromatic rings. The monoisotopic (exact) mass is 540 g/mol. The maximum absolute atomic E-state index is 12.7. The van der Waals surface area contributed by atoms with Crippen molar-refractivity contribution in [1.29, 1.82) is 0 Å². The maximum Gasteiger partial charge on any atom is 0.355 e. The molecule has 188 valence electrons. The van der Waals surface area contributed by atoms with Crippen molar-refractivity contribution in [3.63, 3.8) is 0 Å². The van der Waals surface area contributed by atoms with Gasteiger partial charge in [0.2, 0.25) is 0 Å². The van der Waals surface area contributed by atoms with Crippen LogP contribution in [0.3, 0.4) is 0 Å². The summed E-state index contributed by atoms with van der Waals surface area (Å²) in [7, 11) is 0. The first kappa shape index (κ1) is 25.2. The van der Waals surface area contributed by atoms with Gasteiger partial charge in [-0.2, -0.15) is 5.10 Å². The van der Waals surface area contributed by atoms with Crippen LogP contribution in [0.1, 0.15) is 31.2 Å². The van der Waals surface area contributed by atoms with Crippen LogP contribution in [0.25, 0.3) is 10.1 Å². The number of thiophene rings is 1. The number of hydrogen-bond donors (Lipinski definition) is 1. The van der Waals surface area contributed by atoms with E-state index in [0.29, 0.717) is 39.1 Å². The lowest BCUT2D eigenvalue weighted by Crippen LogP contribution is -2.18. The van der Waals surface area contributed by atoms with E-state index in [1.165, 1.54) is 17.6 Å². The summed E-state index contributed by atoms with van der Waals surface area (Å²) in [6, 6.07) is 31.0. The molecule has 0 radical (unpaired) electrons. The summed E-state index contributed by atoms with van der Waals surface area (Å²) in [5.41, 5.74) is 4.61. The minimum atomic E-state index is -0.516. The van der Waals surface area contributed by atoms with Crippen LogP contribution in [0.15, 0.2) is 108 Å². The zero-order chi connectivity index (χ0) is 26.3. The summed E-state index contributed by atoms with van der Waals surface area (Å²) in [5, 5.41) is 5.26. The molecule has 38 heavy (non-hydrogen) atoms. The third-order valence-electron chi connectivity index (χ3n) is 5.56. The third-order valence-corrected chi connectivity index (χ3v) is 7.21. The van der Waals surface area contributed by atoms with Gasteiger partial charge >= 0.3 is 5.97 Å². The quantitative estimate of drug-likeness (QED) is 0.0984. The Morgan fingerprint density at radius 3 is 2.37 bits per heavy atom. The first-order valence-corrected chi connectivity index (χ1v) is 12.9. The van der Waals surface area contributed by atoms with Gasteiger partial charge in [-0.25, -0.2) is 10.2 Å². The van der Waals surface area contributed by atoms with E-state index in [9.17, 15) is 9.59 Å². The Labute approximate surface area is 228 Å². The van der Waals surface area contributed by atoms with Crippen molar-refractivity contribution < 1.29 is 19.1 Å². The van der Waals surface area contributed by atoms with Crippen molar-refractivity contribution in [2.24, 2.45) is 5.10 Å². The van der Waals surface area contributed by atoms with E-state index in [1.807, 2.05) is 60.7 Å². The molecule has 1 N–H and O–H groups in total. The topological polar surface area (TPSA) is 77.0 Å². The summed E-state index contributed by atoms with van der Waals surface area (Å²) < 4.78 is 12.3. The molecule has 6 nitrogen and oxygen atoms in total. The maximum atomic E-state index is 12.7. The van der Waals surface area contributed by atoms with E-state index >= 15 is 0 Å². The highest BCUT2D eigenvalue weighted by Crippen LogP contribution is 2.35. The van der Waals surface area contributed by atoms with Crippen LogP contribution in [0.2, 0.25) is 5.02 Å². The zero-order valence-corrected chi connectivity index (χ0v) is 21.5. The Hall–Kier alpha value is -4.46. The molecular weight excluding hydrogens is 520 g/mol. The number of carbonyl (C=O) groups is 2. The summed E-state index contributed by atoms with van der Waals surface area (Å²) >= 11 is 7.67. The van der Waals surface area contributed by atoms with Crippen LogP contribution in [0, 0.1) is 0 Å². The summed E-state index contributed by atoms with van der Waals surface area (Å²) in [5.74, 6) is -0.0723. The fourth-order valence-electron chi connectivity index (χ4n) is 3.66. The van der Waals surface area contributed by atoms with Gasteiger partial charge in [0.25, 0.3) is 5.91 Å². The highest BCUT2D eigenvalue weighted by atomic mass is 35.5. The number of hydrogen-bond acceptors (Lipinski definition) is 6. The molecule has 0 bridgehead atoms. The second-order valence-electron chi connectivity index (χ2n) is 8.17. The second-order valence-corrected chi connectivity index (χ2v) is 9.60. The minimum absolute atomic E-state index is 0.348. The number of fused-ring (bicyclic) bond motifs is 1. The molecule has 0 saturated carbocycles. The number of esters is 1. The predicted octanol–water partition coefficient (Wildman–Crippen LogP) is 7.12. The molecule has 0 aliphatic carbocycles. The van der Waals surface area contributed by atoms with Gasteiger partial charge < -0.3 is 9.47 Å². The molecule has 0 unspecified atom stereocenters. The molecule has 0 spiro atoms. The lowest BCUT2D eigenvalue weighted by Gasteiger charge is -2.10. The van der Waals surface area contributed by atoms with Crippen LogP contribution in [0.4, 0.5) is 0 Å². The molecule has 0 atom stereocenters. The van der Waals surface area contributed by atoms with Crippen molar-refractivity contribution in [2.75, 3.05) is 0 Å². The van der Waals surface area contributed by atoms with Gasteiger partial charge in [-0.15, -0.1) is 11.3 Å². The third kappa shape index (κ3) is 5.91. The number of amides is 1. The molecule has 5 rings (SSSR count). The van der Waals surface area contributed by atoms with Crippen molar-refractivity contribution >= 4 is 51.1 Å². The summed E-state index contributed by atoms with van der Waals surface area (Å²) in [4.78, 5) is 25.7. The van der Waals surface area contributed by atoms with Gasteiger partial charge in [-0.05, 0) is 53.6 Å². The molecule has 8 heteroatoms. The molecule has 1 heterocycles. The van der Waals surface area contributed by atoms with Crippen molar-refractivity contribution in [3.05, 3.63) is 130 Å². The molecular formula is C30H21ClN2O4S. The van der Waals surface area contributed by atoms with E-state index in [1.54, 1.807) is 42.5 Å². The smallest absolute Gasteiger partial charge is 0.355 e. The van der Waals surface area contributed by atoms with E-state index < -0.39 is 11.9 Å². The number of halogens is 1. The Morgan fingerprint density at radius 2 is 1.58 bits per heavy atom. The van der Waals surface area contributed by atoms with E-state index in [0.717, 1.165) is 15.6 Å². The average Bonchev–Trinajstić information content (AvgIpc) is 3.30. The molecule has 0 saturated heterocycles. The van der Waals surface area contributed by atoms with E-state index in [4.69, 9.17) is 21.1 Å². The van der Waals surface area contributed by atoms with Gasteiger partial charge in [0.1, 0.15) is 23.0 Å². The van der Waals surface area contributed by atoms with Gasteiger partial charge in [0, 0.05) is 10.1 Å². The van der Waals surface area contributed by atoms with Gasteiger partial charge in [-0.1, -0.05) is 72.3 Å². The number of para-hydroxylation sites is 1. The normalized spacial score (nSPS) is 11.0. The summed E-state index contributed by atoms with van der Waals surface area (Å²) in [6.45, 7) is 0.348. The van der Waals surface area contributed by atoms with Crippen molar-refractivity contribution in [3.8, 4) is 11.5 Å². The Kier molecular flexibility index (Phi) is 7.78. The van der Waals surface area contributed by atoms with Crippen LogP contribution < -0.4 is 14.9 Å². The lowest BCUT2D eigenvalue weighted by molar-refractivity contribution is 0.0739. The largest absolute Gasteiger partial charge is 0.488 e. The van der Waals surface area contributed by atoms with Crippen LogP contribution in [-0.2, 0) is 6.61 Å². The number of carbonyl (C=O) groups excluding carboxylic acids is 2. The SMILES string of the molecule is O=C(N/N=C\c1ccc(OC(=O)c2sc3ccccc3c2Cl)cc1)c1ccccc1OCc1ccccc1. The first-order valence-electron chi connectivity index (χ1n) is 11.7. The number of nitrogens with one attached hydrogen (secondary N) is 1. The lowest BCUT2D eigenvalue weighted by atomic mass is 10.2. The van der Waals surface area contributed by atoms with Gasteiger partial charge in [0.05, 0.1) is 16.8 Å². The molecule has 0 aliphatic heterocycles. The Bertz CT molecular complexity index is 1610. The minimum Gasteiger partial charge on any atom is -0.488 e. The van der Waals surface area contributed by atoms with E-state index in [-0.39, 0.29) is 0 Å². The highest BCUT2D eigenvalue weighted by Gasteiger charge is 2.19. The standard InChI is InChI=1S/C30H21ClN2O4S/c31-27-24-11-5-7-13-26(24)38-28(27)30(35)37-22-16-14-20(15-17-22)18-32-33-29(34)23-10-4-6-12-25(23)36-19-21-8-2-1-3-9-21/h1-18H,19H2,(H,33,34)/b32-18-. The number of benzene rings is 4. The second kappa shape index (κ2) is 11.7. The van der Waals surface area contributed by atoms with E-state index in [2.05, 4.69) is 10.5 Å². The highest BCUT2D eigenvalue weighted by molar-refractivity contribution is 7.21. The molecule has 1 aromatic heterocycles. The number of rotatable bonds is 8. The first-order chi connectivity index (χ1) is 18.6. The Morgan fingerprint density at radius 1 is 0.868 bits per heavy atom. The number of hydrazone groups is 1. The fraction of sp³-hybridized carbons (Fsp3) is 0.0333. The van der Waals surface area contributed by atoms with Crippen molar-refractivity contribution in [2.45, 2.75) is 6.61 Å². The van der Waals surface area contributed by atoms with Crippen LogP contribution in [-0.4, -0.2) is 18.1 Å². The predicted molar refractivity (Wildman–Crippen MR) is 151 cm³/mol. The Balaban J connectivity index is 1.18. The van der Waals surface area contributed by atoms with Crippen molar-refractivity contribution in [1.82, 2.24) is 5.43 Å². The molecule has 1 amide bonds. The molecule has 0 aliphatic rings. The molecule has 4 aromatic carbocycles. The van der Waals surface area contributed by atoms with Gasteiger partial charge in [-0.3, -0.25) is 4.79 Å². The fourth-order valence-corrected chi connectivity index (χ4v) is 5.05. The average molecular weight is 541 g/mol. The van der Waals surface area contributed by atoms with Crippen LogP contribution >= 0.6 is 22.9 Å². The zero-order valence-electron chi connectivity index (χ0n) is 20.0. The van der Waals surface area contributed by atoms with Crippen LogP contribution in [0.5, 0.6) is 11.5 Å². The molecule has 0 fully saturated rings. The summed E-state index contributed by atoms with van der Waals surface area (Å²) in [6.07, 6.45) is 1.50. The number of ether oxygens (including phenoxy) is 2.